The Labute approximate surface area is 98.3 Å². The van der Waals surface area contributed by atoms with Crippen LogP contribution < -0.4 is 11.1 Å². The van der Waals surface area contributed by atoms with Gasteiger partial charge >= 0.3 is 0 Å². The van der Waals surface area contributed by atoms with Crippen molar-refractivity contribution >= 4 is 22.4 Å². The average molecular weight is 242 g/mol. The monoisotopic (exact) mass is 242 g/mol. The zero-order chi connectivity index (χ0) is 12.1. The standard InChI is InChI=1S/C10H18N4OS/c1-4-8-9(11)13-6-14-10(8)12-5-7(2)16(3)15/h6-7H,4-5H2,1-3H3,(H3,11,12,13,14). The topological polar surface area (TPSA) is 80.9 Å². The second kappa shape index (κ2) is 5.79. The van der Waals surface area contributed by atoms with E-state index < -0.39 is 10.8 Å². The fourth-order valence-corrected chi connectivity index (χ4v) is 1.60. The Hall–Kier alpha value is -1.17. The molecule has 0 fully saturated rings. The lowest BCUT2D eigenvalue weighted by Crippen LogP contribution is -2.22. The van der Waals surface area contributed by atoms with Crippen LogP contribution in [-0.4, -0.2) is 32.2 Å². The fraction of sp³-hybridized carbons (Fsp3) is 0.600. The van der Waals surface area contributed by atoms with Gasteiger partial charge in [-0.3, -0.25) is 4.21 Å². The average Bonchev–Trinajstić information content (AvgIpc) is 2.25. The van der Waals surface area contributed by atoms with Crippen LogP contribution in [0.2, 0.25) is 0 Å². The molecule has 0 aliphatic carbocycles. The number of nitrogens with zero attached hydrogens (tertiary/aromatic N) is 2. The first-order chi connectivity index (χ1) is 7.56. The number of rotatable bonds is 5. The van der Waals surface area contributed by atoms with Crippen LogP contribution >= 0.6 is 0 Å². The first kappa shape index (κ1) is 12.9. The molecule has 0 saturated heterocycles. The van der Waals surface area contributed by atoms with Gasteiger partial charge in [-0.05, 0) is 13.3 Å². The SMILES string of the molecule is CCc1c(N)ncnc1NCC(C)S(C)=O. The van der Waals surface area contributed by atoms with Crippen molar-refractivity contribution in [2.24, 2.45) is 0 Å². The molecule has 0 radical (unpaired) electrons. The number of nitrogen functional groups attached to an aromatic ring is 1. The van der Waals surface area contributed by atoms with Crippen molar-refractivity contribution in [1.82, 2.24) is 9.97 Å². The zero-order valence-electron chi connectivity index (χ0n) is 9.86. The molecule has 2 unspecified atom stereocenters. The summed E-state index contributed by atoms with van der Waals surface area (Å²) in [6.45, 7) is 4.55. The molecule has 90 valence electrons. The minimum absolute atomic E-state index is 0.0842. The molecule has 1 aromatic heterocycles. The predicted molar refractivity (Wildman–Crippen MR) is 67.8 cm³/mol. The van der Waals surface area contributed by atoms with E-state index in [1.165, 1.54) is 6.33 Å². The molecule has 6 heteroatoms. The maximum Gasteiger partial charge on any atom is 0.134 e. The molecule has 16 heavy (non-hydrogen) atoms. The van der Waals surface area contributed by atoms with E-state index in [0.717, 1.165) is 17.8 Å². The summed E-state index contributed by atoms with van der Waals surface area (Å²) in [7, 11) is -0.835. The molecular weight excluding hydrogens is 224 g/mol. The van der Waals surface area contributed by atoms with Gasteiger partial charge in [-0.1, -0.05) is 6.92 Å². The molecule has 0 bridgehead atoms. The molecule has 3 N–H and O–H groups in total. The molecule has 0 saturated carbocycles. The van der Waals surface area contributed by atoms with Crippen LogP contribution in [0.1, 0.15) is 19.4 Å². The first-order valence-electron chi connectivity index (χ1n) is 5.21. The lowest BCUT2D eigenvalue weighted by molar-refractivity contribution is 0.678. The third-order valence-electron chi connectivity index (χ3n) is 2.46. The van der Waals surface area contributed by atoms with Gasteiger partial charge in [-0.25, -0.2) is 9.97 Å². The van der Waals surface area contributed by atoms with Crippen molar-refractivity contribution in [1.29, 1.82) is 0 Å². The van der Waals surface area contributed by atoms with Crippen LogP contribution in [0, 0.1) is 0 Å². The van der Waals surface area contributed by atoms with E-state index in [0.29, 0.717) is 12.4 Å². The summed E-state index contributed by atoms with van der Waals surface area (Å²) in [4.78, 5) is 8.08. The third-order valence-corrected chi connectivity index (χ3v) is 3.76. The number of anilines is 2. The molecule has 2 atom stereocenters. The Morgan fingerprint density at radius 1 is 1.56 bits per heavy atom. The van der Waals surface area contributed by atoms with Crippen molar-refractivity contribution in [3.63, 3.8) is 0 Å². The largest absolute Gasteiger partial charge is 0.383 e. The van der Waals surface area contributed by atoms with E-state index >= 15 is 0 Å². The number of hydrogen-bond donors (Lipinski definition) is 2. The number of hydrogen-bond acceptors (Lipinski definition) is 5. The smallest absolute Gasteiger partial charge is 0.134 e. The van der Waals surface area contributed by atoms with Gasteiger partial charge in [0.1, 0.15) is 18.0 Å². The van der Waals surface area contributed by atoms with Crippen LogP contribution in [0.25, 0.3) is 0 Å². The van der Waals surface area contributed by atoms with Crippen LogP contribution in [0.15, 0.2) is 6.33 Å². The Morgan fingerprint density at radius 3 is 2.81 bits per heavy atom. The van der Waals surface area contributed by atoms with Crippen molar-refractivity contribution in [2.45, 2.75) is 25.5 Å². The fourth-order valence-electron chi connectivity index (χ4n) is 1.28. The Bertz CT molecular complexity index is 383. The molecular formula is C10H18N4OS. The highest BCUT2D eigenvalue weighted by molar-refractivity contribution is 7.84. The molecule has 1 rings (SSSR count). The minimum Gasteiger partial charge on any atom is -0.383 e. The molecule has 0 spiro atoms. The van der Waals surface area contributed by atoms with Gasteiger partial charge in [0, 0.05) is 34.4 Å². The summed E-state index contributed by atoms with van der Waals surface area (Å²) in [5, 5.41) is 3.25. The highest BCUT2D eigenvalue weighted by Crippen LogP contribution is 2.17. The minimum atomic E-state index is -0.835. The Kier molecular flexibility index (Phi) is 4.67. The normalized spacial score (nSPS) is 14.4. The second-order valence-electron chi connectivity index (χ2n) is 3.63. The Balaban J connectivity index is 2.74. The summed E-state index contributed by atoms with van der Waals surface area (Å²) in [5.74, 6) is 1.25. The van der Waals surface area contributed by atoms with Crippen LogP contribution in [-0.2, 0) is 17.2 Å². The number of nitrogens with two attached hydrogens (primary N) is 1. The number of aromatic nitrogens is 2. The molecule has 1 aromatic rings. The van der Waals surface area contributed by atoms with E-state index in [9.17, 15) is 4.21 Å². The molecule has 1 heterocycles. The van der Waals surface area contributed by atoms with Crippen LogP contribution in [0.3, 0.4) is 0 Å². The zero-order valence-corrected chi connectivity index (χ0v) is 10.7. The summed E-state index contributed by atoms with van der Waals surface area (Å²) in [6, 6.07) is 0. The van der Waals surface area contributed by atoms with E-state index in [2.05, 4.69) is 15.3 Å². The summed E-state index contributed by atoms with van der Waals surface area (Å²) >= 11 is 0. The Morgan fingerprint density at radius 2 is 2.25 bits per heavy atom. The van der Waals surface area contributed by atoms with E-state index in [-0.39, 0.29) is 5.25 Å². The summed E-state index contributed by atoms with van der Waals surface area (Å²) in [5.41, 5.74) is 6.66. The molecule has 0 aliphatic heterocycles. The first-order valence-corrected chi connectivity index (χ1v) is 6.83. The van der Waals surface area contributed by atoms with E-state index in [1.54, 1.807) is 6.26 Å². The quantitative estimate of drug-likeness (QED) is 0.798. The number of nitrogens with one attached hydrogen (secondary N) is 1. The molecule has 0 aliphatic rings. The van der Waals surface area contributed by atoms with Gasteiger partial charge in [-0.15, -0.1) is 0 Å². The van der Waals surface area contributed by atoms with E-state index in [4.69, 9.17) is 5.73 Å². The van der Waals surface area contributed by atoms with Gasteiger partial charge in [-0.2, -0.15) is 0 Å². The van der Waals surface area contributed by atoms with Crippen LogP contribution in [0.4, 0.5) is 11.6 Å². The van der Waals surface area contributed by atoms with Gasteiger partial charge in [0.05, 0.1) is 0 Å². The second-order valence-corrected chi connectivity index (χ2v) is 5.43. The summed E-state index contributed by atoms with van der Waals surface area (Å²) in [6.07, 6.45) is 3.91. The molecule has 0 amide bonds. The van der Waals surface area contributed by atoms with Gasteiger partial charge < -0.3 is 11.1 Å². The summed E-state index contributed by atoms with van der Waals surface area (Å²) < 4.78 is 11.2. The van der Waals surface area contributed by atoms with Crippen molar-refractivity contribution in [3.8, 4) is 0 Å². The van der Waals surface area contributed by atoms with Gasteiger partial charge in [0.2, 0.25) is 0 Å². The lowest BCUT2D eigenvalue weighted by atomic mass is 10.2. The van der Waals surface area contributed by atoms with Crippen LogP contribution in [0.5, 0.6) is 0 Å². The van der Waals surface area contributed by atoms with Crippen molar-refractivity contribution in [2.75, 3.05) is 23.9 Å². The molecule has 0 aromatic carbocycles. The predicted octanol–water partition coefficient (Wildman–Crippen LogP) is 0.800. The molecule has 5 nitrogen and oxygen atoms in total. The highest BCUT2D eigenvalue weighted by atomic mass is 32.2. The van der Waals surface area contributed by atoms with Gasteiger partial charge in [0.15, 0.2) is 0 Å². The highest BCUT2D eigenvalue weighted by Gasteiger charge is 2.10. The van der Waals surface area contributed by atoms with Crippen molar-refractivity contribution < 1.29 is 4.21 Å². The lowest BCUT2D eigenvalue weighted by Gasteiger charge is -2.13. The van der Waals surface area contributed by atoms with Gasteiger partial charge in [0.25, 0.3) is 0 Å². The third kappa shape index (κ3) is 3.16. The maximum absolute atomic E-state index is 11.2. The van der Waals surface area contributed by atoms with Crippen molar-refractivity contribution in [3.05, 3.63) is 11.9 Å². The van der Waals surface area contributed by atoms with E-state index in [1.807, 2.05) is 13.8 Å². The maximum atomic E-state index is 11.2.